The van der Waals surface area contributed by atoms with Crippen molar-refractivity contribution < 1.29 is 5.11 Å². The Balaban J connectivity index is 0.00000280. The molecule has 0 saturated carbocycles. The molecule has 0 radical (unpaired) electrons. The molecule has 3 heterocycles. The van der Waals surface area contributed by atoms with Gasteiger partial charge in [-0.3, -0.25) is 0 Å². The number of fused-ring (bicyclic) bond motifs is 1. The fourth-order valence-electron chi connectivity index (χ4n) is 2.87. The molecule has 0 aliphatic rings. The minimum Gasteiger partial charge on any atom is -0.383 e. The summed E-state index contributed by atoms with van der Waals surface area (Å²) < 4.78 is 2.06. The van der Waals surface area contributed by atoms with Gasteiger partial charge in [0.1, 0.15) is 11.2 Å². The maximum Gasteiger partial charge on any atom is 0.191 e. The van der Waals surface area contributed by atoms with Gasteiger partial charge in [0.2, 0.25) is 0 Å². The number of guanidine groups is 1. The maximum absolute atomic E-state index is 10.6. The molecule has 0 amide bonds. The summed E-state index contributed by atoms with van der Waals surface area (Å²) in [7, 11) is 0. The van der Waals surface area contributed by atoms with Gasteiger partial charge in [0.25, 0.3) is 0 Å². The van der Waals surface area contributed by atoms with Gasteiger partial charge in [-0.1, -0.05) is 6.07 Å². The highest BCUT2D eigenvalue weighted by molar-refractivity contribution is 14.0. The van der Waals surface area contributed by atoms with E-state index in [4.69, 9.17) is 4.98 Å². The lowest BCUT2D eigenvalue weighted by Gasteiger charge is -2.21. The van der Waals surface area contributed by atoms with Gasteiger partial charge in [0, 0.05) is 31.9 Å². The van der Waals surface area contributed by atoms with Gasteiger partial charge in [-0.25, -0.2) is 9.98 Å². The average molecular weight is 513 g/mol. The van der Waals surface area contributed by atoms with Gasteiger partial charge in [-0.2, -0.15) is 11.3 Å². The summed E-state index contributed by atoms with van der Waals surface area (Å²) in [6.07, 6.45) is 4.88. The third kappa shape index (κ3) is 5.68. The predicted molar refractivity (Wildman–Crippen MR) is 127 cm³/mol. The third-order valence-electron chi connectivity index (χ3n) is 4.43. The summed E-state index contributed by atoms with van der Waals surface area (Å²) in [5.74, 6) is 0.702. The number of pyridine rings is 1. The van der Waals surface area contributed by atoms with Gasteiger partial charge in [0.05, 0.1) is 12.2 Å². The minimum absolute atomic E-state index is 0. The van der Waals surface area contributed by atoms with E-state index >= 15 is 0 Å². The number of imidazole rings is 1. The topological polar surface area (TPSA) is 74.0 Å². The van der Waals surface area contributed by atoms with Crippen LogP contribution in [0.1, 0.15) is 30.7 Å². The first-order chi connectivity index (χ1) is 13.0. The van der Waals surface area contributed by atoms with E-state index < -0.39 is 5.60 Å². The number of aryl methyl sites for hydroxylation is 1. The number of nitrogens with one attached hydrogen (secondary N) is 2. The molecule has 1 unspecified atom stereocenters. The van der Waals surface area contributed by atoms with Gasteiger partial charge in [-0.05, 0) is 54.8 Å². The van der Waals surface area contributed by atoms with E-state index in [1.54, 1.807) is 18.3 Å². The molecule has 0 bridgehead atoms. The van der Waals surface area contributed by atoms with Crippen molar-refractivity contribution in [3.8, 4) is 0 Å². The van der Waals surface area contributed by atoms with Crippen LogP contribution >= 0.6 is 35.3 Å². The largest absolute Gasteiger partial charge is 0.383 e. The SMILES string of the molecule is CCNC(=NCC(C)(O)c1ccsc1)NCCc1cn2cccc(C)c2n1.I. The van der Waals surface area contributed by atoms with Crippen LogP contribution in [0.4, 0.5) is 0 Å². The van der Waals surface area contributed by atoms with Gasteiger partial charge in [-0.15, -0.1) is 24.0 Å². The predicted octanol–water partition coefficient (Wildman–Crippen LogP) is 3.33. The number of aliphatic imine (C=N–C) groups is 1. The van der Waals surface area contributed by atoms with Crippen molar-refractivity contribution in [2.45, 2.75) is 32.8 Å². The zero-order valence-corrected chi connectivity index (χ0v) is 19.6. The Morgan fingerprint density at radius 2 is 2.18 bits per heavy atom. The van der Waals surface area contributed by atoms with Crippen LogP contribution in [0.15, 0.2) is 46.3 Å². The first-order valence-corrected chi connectivity index (χ1v) is 10.1. The average Bonchev–Trinajstić information content (AvgIpc) is 3.30. The summed E-state index contributed by atoms with van der Waals surface area (Å²) in [4.78, 5) is 9.25. The molecule has 0 fully saturated rings. The standard InChI is InChI=1S/C20H27N5OS.HI/c1-4-21-19(23-14-20(3,26)16-8-11-27-13-16)22-9-7-17-12-25-10-5-6-15(2)18(25)24-17;/h5-6,8,10-13,26H,4,7,9,14H2,1-3H3,(H2,21,22,23);1H. The molecule has 0 aromatic carbocycles. The van der Waals surface area contributed by atoms with Crippen LogP contribution in [0.3, 0.4) is 0 Å². The highest BCUT2D eigenvalue weighted by atomic mass is 127. The lowest BCUT2D eigenvalue weighted by Crippen LogP contribution is -2.39. The van der Waals surface area contributed by atoms with Crippen LogP contribution in [0.25, 0.3) is 5.65 Å². The van der Waals surface area contributed by atoms with Crippen LogP contribution in [-0.2, 0) is 12.0 Å². The molecule has 1 atom stereocenters. The summed E-state index contributed by atoms with van der Waals surface area (Å²) in [5, 5.41) is 21.1. The molecule has 6 nitrogen and oxygen atoms in total. The van der Waals surface area contributed by atoms with E-state index in [1.807, 2.05) is 36.0 Å². The van der Waals surface area contributed by atoms with Crippen molar-refractivity contribution in [1.82, 2.24) is 20.0 Å². The molecule has 3 N–H and O–H groups in total. The Morgan fingerprint density at radius 1 is 1.36 bits per heavy atom. The zero-order chi connectivity index (χ0) is 19.3. The number of hydrogen-bond acceptors (Lipinski definition) is 4. The van der Waals surface area contributed by atoms with Crippen LogP contribution in [0, 0.1) is 6.92 Å². The molecule has 3 rings (SSSR count). The Hall–Kier alpha value is -1.65. The second kappa shape index (κ2) is 10.2. The van der Waals surface area contributed by atoms with E-state index in [-0.39, 0.29) is 24.0 Å². The Labute approximate surface area is 187 Å². The highest BCUT2D eigenvalue weighted by Crippen LogP contribution is 2.23. The number of thiophene rings is 1. The Morgan fingerprint density at radius 3 is 2.86 bits per heavy atom. The molecule has 0 spiro atoms. The highest BCUT2D eigenvalue weighted by Gasteiger charge is 2.23. The number of halogens is 1. The number of aromatic nitrogens is 2. The molecule has 3 aromatic heterocycles. The lowest BCUT2D eigenvalue weighted by molar-refractivity contribution is 0.0677. The smallest absolute Gasteiger partial charge is 0.191 e. The van der Waals surface area contributed by atoms with Gasteiger partial charge < -0.3 is 20.1 Å². The number of aliphatic hydroxyl groups is 1. The lowest BCUT2D eigenvalue weighted by atomic mass is 10.00. The molecule has 3 aromatic rings. The van der Waals surface area contributed by atoms with E-state index in [0.717, 1.165) is 36.4 Å². The number of hydrogen-bond donors (Lipinski definition) is 3. The van der Waals surface area contributed by atoms with Crippen LogP contribution < -0.4 is 10.6 Å². The van der Waals surface area contributed by atoms with Crippen molar-refractivity contribution in [1.29, 1.82) is 0 Å². The van der Waals surface area contributed by atoms with E-state index in [2.05, 4.69) is 39.2 Å². The second-order valence-corrected chi connectivity index (χ2v) is 7.59. The van der Waals surface area contributed by atoms with Crippen molar-refractivity contribution in [3.05, 3.63) is 58.2 Å². The minimum atomic E-state index is -0.971. The molecule has 28 heavy (non-hydrogen) atoms. The van der Waals surface area contributed by atoms with Crippen LogP contribution in [0.5, 0.6) is 0 Å². The number of rotatable bonds is 7. The van der Waals surface area contributed by atoms with Crippen LogP contribution in [-0.4, -0.2) is 40.1 Å². The van der Waals surface area contributed by atoms with E-state index in [1.165, 1.54) is 5.56 Å². The first-order valence-electron chi connectivity index (χ1n) is 9.20. The zero-order valence-electron chi connectivity index (χ0n) is 16.5. The van der Waals surface area contributed by atoms with Crippen molar-refractivity contribution in [3.63, 3.8) is 0 Å². The fourth-order valence-corrected chi connectivity index (χ4v) is 3.65. The maximum atomic E-state index is 10.6. The molecular weight excluding hydrogens is 485 g/mol. The van der Waals surface area contributed by atoms with E-state index in [9.17, 15) is 5.11 Å². The summed E-state index contributed by atoms with van der Waals surface area (Å²) >= 11 is 1.58. The molecule has 0 aliphatic heterocycles. The molecule has 8 heteroatoms. The monoisotopic (exact) mass is 513 g/mol. The van der Waals surface area contributed by atoms with E-state index in [0.29, 0.717) is 12.5 Å². The molecule has 0 aliphatic carbocycles. The summed E-state index contributed by atoms with van der Waals surface area (Å²) in [6, 6.07) is 6.03. The van der Waals surface area contributed by atoms with Crippen molar-refractivity contribution in [2.75, 3.05) is 19.6 Å². The summed E-state index contributed by atoms with van der Waals surface area (Å²) in [6.45, 7) is 7.67. The summed E-state index contributed by atoms with van der Waals surface area (Å²) in [5.41, 5.74) is 3.13. The molecule has 152 valence electrons. The number of nitrogens with zero attached hydrogens (tertiary/aromatic N) is 3. The van der Waals surface area contributed by atoms with Gasteiger partial charge >= 0.3 is 0 Å². The van der Waals surface area contributed by atoms with Gasteiger partial charge in [0.15, 0.2) is 5.96 Å². The fraction of sp³-hybridized carbons (Fsp3) is 0.400. The normalized spacial score (nSPS) is 13.8. The Bertz CT molecular complexity index is 905. The molecular formula is C20H28IN5OS. The van der Waals surface area contributed by atoms with Crippen molar-refractivity contribution >= 4 is 46.9 Å². The third-order valence-corrected chi connectivity index (χ3v) is 5.12. The van der Waals surface area contributed by atoms with Crippen molar-refractivity contribution in [2.24, 2.45) is 4.99 Å². The quantitative estimate of drug-likeness (QED) is 0.258. The molecule has 0 saturated heterocycles. The Kier molecular flexibility index (Phi) is 8.26. The van der Waals surface area contributed by atoms with Crippen LogP contribution in [0.2, 0.25) is 0 Å². The first kappa shape index (κ1) is 22.6. The second-order valence-electron chi connectivity index (χ2n) is 6.81.